The van der Waals surface area contributed by atoms with Crippen molar-refractivity contribution in [3.8, 4) is 11.8 Å². The number of aryl methyl sites for hydroxylation is 2. The molecule has 1 amide bonds. The van der Waals surface area contributed by atoms with Crippen molar-refractivity contribution in [2.75, 3.05) is 26.8 Å². The van der Waals surface area contributed by atoms with Crippen LogP contribution in [0.3, 0.4) is 0 Å². The van der Waals surface area contributed by atoms with Gasteiger partial charge in [-0.2, -0.15) is 8.78 Å². The predicted octanol–water partition coefficient (Wildman–Crippen LogP) is 4.38. The summed E-state index contributed by atoms with van der Waals surface area (Å²) in [4.78, 5) is 39.3. The van der Waals surface area contributed by atoms with Gasteiger partial charge in [0.25, 0.3) is 0 Å². The lowest BCUT2D eigenvalue weighted by Gasteiger charge is -2.44. The third kappa shape index (κ3) is 6.06. The minimum absolute atomic E-state index is 0.156. The van der Waals surface area contributed by atoms with Gasteiger partial charge in [-0.3, -0.25) is 9.59 Å². The Labute approximate surface area is 203 Å². The van der Waals surface area contributed by atoms with E-state index < -0.39 is 30.7 Å². The van der Waals surface area contributed by atoms with Crippen LogP contribution >= 0.6 is 0 Å². The molecule has 9 heteroatoms. The monoisotopic (exact) mass is 489 g/mol. The Morgan fingerprint density at radius 1 is 1.14 bits per heavy atom. The van der Waals surface area contributed by atoms with Gasteiger partial charge in [0.2, 0.25) is 5.91 Å². The van der Waals surface area contributed by atoms with Crippen LogP contribution in [0, 0.1) is 31.1 Å². The van der Waals surface area contributed by atoms with Gasteiger partial charge in [-0.05, 0) is 67.9 Å². The van der Waals surface area contributed by atoms with Gasteiger partial charge in [0.05, 0.1) is 12.7 Å². The second-order valence-corrected chi connectivity index (χ2v) is 8.94. The Kier molecular flexibility index (Phi) is 8.28. The highest BCUT2D eigenvalue weighted by Gasteiger charge is 2.45. The summed E-state index contributed by atoms with van der Waals surface area (Å²) in [5, 5.41) is 0. The zero-order valence-electron chi connectivity index (χ0n) is 20.3. The largest absolute Gasteiger partial charge is 0.513 e. The summed E-state index contributed by atoms with van der Waals surface area (Å²) in [6.45, 7) is 2.40. The number of ether oxygens (including phenoxy) is 3. The van der Waals surface area contributed by atoms with E-state index in [0.29, 0.717) is 43.5 Å². The molecule has 35 heavy (non-hydrogen) atoms. The van der Waals surface area contributed by atoms with Crippen molar-refractivity contribution in [2.24, 2.45) is 5.41 Å². The Morgan fingerprint density at radius 2 is 1.77 bits per heavy atom. The summed E-state index contributed by atoms with van der Waals surface area (Å²) in [6, 6.07) is 3.79. The number of hydrogen-bond acceptors (Lipinski definition) is 6. The highest BCUT2D eigenvalue weighted by atomic mass is 19.3. The molecule has 0 atom stereocenters. The topological polar surface area (TPSA) is 82.1 Å². The minimum Gasteiger partial charge on any atom is -0.437 e. The van der Waals surface area contributed by atoms with Crippen LogP contribution in [0.25, 0.3) is 5.57 Å². The normalized spacial score (nSPS) is 17.3. The van der Waals surface area contributed by atoms with Crippen LogP contribution in [0.4, 0.5) is 13.6 Å². The van der Waals surface area contributed by atoms with Crippen LogP contribution < -0.4 is 0 Å². The maximum Gasteiger partial charge on any atom is 0.513 e. The first-order valence-corrected chi connectivity index (χ1v) is 11.3. The van der Waals surface area contributed by atoms with Gasteiger partial charge in [0.1, 0.15) is 12.4 Å². The number of methoxy groups -OCH3 is 1. The average Bonchev–Trinajstić information content (AvgIpc) is 2.79. The van der Waals surface area contributed by atoms with Crippen LogP contribution in [-0.4, -0.2) is 56.2 Å². The molecule has 1 aliphatic carbocycles. The Bertz CT molecular complexity index is 1080. The summed E-state index contributed by atoms with van der Waals surface area (Å²) in [6.07, 6.45) is 0.547. The number of ketones is 1. The standard InChI is InChI=1S/C26H29F2NO6/c1-5-6-18-11-16(2)22(17(3)12-18)23-19(30)13-26(14-20(23)35-25(32)33-4)7-9-29(10-8-26)21(31)15-34-24(27)28/h11-12,24H,7-10,13-15H2,1-4H3. The molecule has 0 saturated carbocycles. The number of amides is 1. The van der Waals surface area contributed by atoms with Crippen molar-refractivity contribution in [3.63, 3.8) is 0 Å². The molecule has 0 bridgehead atoms. The molecule has 1 spiro atoms. The molecular formula is C26H29F2NO6. The molecule has 0 aromatic heterocycles. The second-order valence-electron chi connectivity index (χ2n) is 8.94. The van der Waals surface area contributed by atoms with Gasteiger partial charge >= 0.3 is 12.8 Å². The fraction of sp³-hybridized carbons (Fsp3) is 0.500. The quantitative estimate of drug-likeness (QED) is 0.451. The number of carbonyl (C=O) groups excluding carboxylic acids is 3. The Hall–Kier alpha value is -3.25. The summed E-state index contributed by atoms with van der Waals surface area (Å²) in [5.74, 6) is 5.45. The van der Waals surface area contributed by atoms with E-state index in [1.54, 1.807) is 6.92 Å². The first kappa shape index (κ1) is 26.4. The molecule has 1 aromatic rings. The van der Waals surface area contributed by atoms with Gasteiger partial charge < -0.3 is 19.1 Å². The highest BCUT2D eigenvalue weighted by molar-refractivity contribution is 6.23. The van der Waals surface area contributed by atoms with E-state index in [4.69, 9.17) is 9.47 Å². The average molecular weight is 490 g/mol. The maximum atomic E-state index is 13.6. The highest BCUT2D eigenvalue weighted by Crippen LogP contribution is 2.48. The van der Waals surface area contributed by atoms with Gasteiger partial charge in [-0.15, -0.1) is 5.92 Å². The summed E-state index contributed by atoms with van der Waals surface area (Å²) in [5.41, 5.74) is 3.06. The molecule has 1 fully saturated rings. The molecular weight excluding hydrogens is 460 g/mol. The first-order valence-electron chi connectivity index (χ1n) is 11.3. The van der Waals surface area contributed by atoms with Crippen LogP contribution in [0.15, 0.2) is 17.9 Å². The number of hydrogen-bond donors (Lipinski definition) is 0. The van der Waals surface area contributed by atoms with Crippen molar-refractivity contribution in [3.05, 3.63) is 40.1 Å². The number of halogens is 2. The molecule has 1 aromatic carbocycles. The van der Waals surface area contributed by atoms with Crippen molar-refractivity contribution < 1.29 is 37.4 Å². The van der Waals surface area contributed by atoms with Gasteiger partial charge in [-0.25, -0.2) is 4.79 Å². The van der Waals surface area contributed by atoms with Crippen molar-refractivity contribution in [1.29, 1.82) is 0 Å². The fourth-order valence-electron chi connectivity index (χ4n) is 4.97. The number of carbonyl (C=O) groups is 3. The number of piperidine rings is 1. The first-order chi connectivity index (χ1) is 16.6. The summed E-state index contributed by atoms with van der Waals surface area (Å²) in [7, 11) is 1.20. The number of likely N-dealkylation sites (tertiary alicyclic amines) is 1. The van der Waals surface area contributed by atoms with Gasteiger partial charge in [-0.1, -0.05) is 5.92 Å². The molecule has 1 saturated heterocycles. The zero-order chi connectivity index (χ0) is 25.8. The number of nitrogens with zero attached hydrogens (tertiary/aromatic N) is 1. The van der Waals surface area contributed by atoms with Crippen molar-refractivity contribution in [1.82, 2.24) is 4.90 Å². The van der Waals surface area contributed by atoms with E-state index in [1.165, 1.54) is 12.0 Å². The SMILES string of the molecule is CC#Cc1cc(C)c(C2=C(OC(=O)OC)CC3(CCN(C(=O)COC(F)F)CC3)CC2=O)c(C)c1. The predicted molar refractivity (Wildman–Crippen MR) is 123 cm³/mol. The zero-order valence-corrected chi connectivity index (χ0v) is 20.3. The number of Topliss-reactive ketones (excluding diaryl/α,β-unsaturated/α-hetero) is 1. The molecule has 188 valence electrons. The summed E-state index contributed by atoms with van der Waals surface area (Å²) >= 11 is 0. The lowest BCUT2D eigenvalue weighted by Crippen LogP contribution is -2.46. The van der Waals surface area contributed by atoms with Crippen LogP contribution in [0.5, 0.6) is 0 Å². The van der Waals surface area contributed by atoms with Crippen LogP contribution in [-0.2, 0) is 23.8 Å². The van der Waals surface area contributed by atoms with Gasteiger partial charge in [0.15, 0.2) is 5.78 Å². The van der Waals surface area contributed by atoms with Crippen molar-refractivity contribution >= 4 is 23.4 Å². The Morgan fingerprint density at radius 3 is 2.31 bits per heavy atom. The minimum atomic E-state index is -3.01. The number of allylic oxidation sites excluding steroid dienone is 2. The van der Waals surface area contributed by atoms with Crippen LogP contribution in [0.2, 0.25) is 0 Å². The summed E-state index contributed by atoms with van der Waals surface area (Å²) < 4.78 is 38.9. The lowest BCUT2D eigenvalue weighted by atomic mass is 9.66. The van der Waals surface area contributed by atoms with E-state index in [1.807, 2.05) is 26.0 Å². The molecule has 1 heterocycles. The van der Waals surface area contributed by atoms with Crippen LogP contribution in [0.1, 0.15) is 54.9 Å². The van der Waals surface area contributed by atoms with E-state index >= 15 is 0 Å². The smallest absolute Gasteiger partial charge is 0.437 e. The van der Waals surface area contributed by atoms with Crippen molar-refractivity contribution in [2.45, 2.75) is 53.1 Å². The number of rotatable bonds is 5. The molecule has 0 radical (unpaired) electrons. The number of benzene rings is 1. The van der Waals surface area contributed by atoms with Gasteiger partial charge in [0, 0.05) is 31.5 Å². The molecule has 7 nitrogen and oxygen atoms in total. The second kappa shape index (κ2) is 11.0. The lowest BCUT2D eigenvalue weighted by molar-refractivity contribution is -0.161. The molecule has 1 aliphatic heterocycles. The third-order valence-electron chi connectivity index (χ3n) is 6.56. The molecule has 3 rings (SSSR count). The number of alkyl halides is 2. The maximum absolute atomic E-state index is 13.6. The molecule has 0 unspecified atom stereocenters. The third-order valence-corrected chi connectivity index (χ3v) is 6.56. The van der Waals surface area contributed by atoms with E-state index in [-0.39, 0.29) is 18.0 Å². The molecule has 0 N–H and O–H groups in total. The fourth-order valence-corrected chi connectivity index (χ4v) is 4.97. The van der Waals surface area contributed by atoms with E-state index in [2.05, 4.69) is 16.6 Å². The Balaban J connectivity index is 1.92. The van der Waals surface area contributed by atoms with E-state index in [9.17, 15) is 23.2 Å². The van der Waals surface area contributed by atoms with E-state index in [0.717, 1.165) is 16.7 Å². The molecule has 2 aliphatic rings.